The zero-order chi connectivity index (χ0) is 22.4. The summed E-state index contributed by atoms with van der Waals surface area (Å²) < 4.78 is 42.0. The average molecular weight is 461 g/mol. The number of carbonyl (C=O) groups is 1. The van der Waals surface area contributed by atoms with E-state index in [4.69, 9.17) is 14.2 Å². The van der Waals surface area contributed by atoms with Gasteiger partial charge in [0.2, 0.25) is 5.91 Å². The molecule has 0 aliphatic carbocycles. The van der Waals surface area contributed by atoms with Crippen molar-refractivity contribution in [2.75, 3.05) is 58.3 Å². The van der Waals surface area contributed by atoms with Crippen molar-refractivity contribution in [3.63, 3.8) is 0 Å². The van der Waals surface area contributed by atoms with E-state index >= 15 is 0 Å². The Morgan fingerprint density at radius 2 is 1.66 bits per heavy atom. The molecule has 2 aliphatic heterocycles. The van der Waals surface area contributed by atoms with E-state index in [-0.39, 0.29) is 23.0 Å². The summed E-state index contributed by atoms with van der Waals surface area (Å²) in [6, 6.07) is 14.3. The molecule has 0 bridgehead atoms. The molecular formula is C23H28N2O6S. The van der Waals surface area contributed by atoms with Crippen LogP contribution in [0.3, 0.4) is 0 Å². The van der Waals surface area contributed by atoms with Crippen LogP contribution in [0.15, 0.2) is 53.4 Å². The molecule has 2 aromatic carbocycles. The first-order valence-corrected chi connectivity index (χ1v) is 12.5. The summed E-state index contributed by atoms with van der Waals surface area (Å²) in [5.74, 6) is 1.46. The van der Waals surface area contributed by atoms with Gasteiger partial charge in [0.15, 0.2) is 21.3 Å². The Labute approximate surface area is 188 Å². The van der Waals surface area contributed by atoms with Crippen LogP contribution in [-0.2, 0) is 14.6 Å². The maximum Gasteiger partial charge on any atom is 0.223 e. The summed E-state index contributed by atoms with van der Waals surface area (Å²) in [5, 5.41) is 0. The Kier molecular flexibility index (Phi) is 7.16. The predicted octanol–water partition coefficient (Wildman–Crippen LogP) is 1.84. The average Bonchev–Trinajstić information content (AvgIpc) is 2.83. The first-order valence-electron chi connectivity index (χ1n) is 10.8. The first-order chi connectivity index (χ1) is 15.5. The topological polar surface area (TPSA) is 85.4 Å². The number of sulfone groups is 1. The maximum atomic E-state index is 12.7. The fourth-order valence-electron chi connectivity index (χ4n) is 3.74. The van der Waals surface area contributed by atoms with Crippen LogP contribution in [0.2, 0.25) is 0 Å². The Balaban J connectivity index is 1.21. The minimum Gasteiger partial charge on any atom is -0.492 e. The molecule has 1 saturated heterocycles. The van der Waals surface area contributed by atoms with Gasteiger partial charge in [-0.1, -0.05) is 18.2 Å². The summed E-state index contributed by atoms with van der Waals surface area (Å²) in [6.45, 7) is 4.89. The molecule has 1 amide bonds. The Hall–Kier alpha value is -2.78. The normalized spacial score (nSPS) is 16.6. The first kappa shape index (κ1) is 22.4. The second-order valence-corrected chi connectivity index (χ2v) is 9.87. The van der Waals surface area contributed by atoms with E-state index in [1.165, 1.54) is 12.1 Å². The molecule has 2 aromatic rings. The van der Waals surface area contributed by atoms with Crippen LogP contribution in [0, 0.1) is 0 Å². The summed E-state index contributed by atoms with van der Waals surface area (Å²) >= 11 is 0. The monoisotopic (exact) mass is 460 g/mol. The molecule has 0 saturated carbocycles. The third-order valence-electron chi connectivity index (χ3n) is 5.60. The smallest absolute Gasteiger partial charge is 0.223 e. The number of rotatable bonds is 8. The molecule has 1 fully saturated rings. The highest BCUT2D eigenvalue weighted by Crippen LogP contribution is 2.32. The number of para-hydroxylation sites is 1. The third kappa shape index (κ3) is 5.72. The van der Waals surface area contributed by atoms with E-state index in [9.17, 15) is 13.2 Å². The van der Waals surface area contributed by atoms with Crippen LogP contribution in [0.1, 0.15) is 6.42 Å². The van der Waals surface area contributed by atoms with Gasteiger partial charge < -0.3 is 19.1 Å². The molecule has 172 valence electrons. The highest BCUT2D eigenvalue weighted by Gasteiger charge is 2.24. The fraction of sp³-hybridized carbons (Fsp3) is 0.435. The molecule has 4 rings (SSSR count). The van der Waals surface area contributed by atoms with E-state index in [2.05, 4.69) is 4.90 Å². The Bertz CT molecular complexity index is 1020. The van der Waals surface area contributed by atoms with Gasteiger partial charge in [0.25, 0.3) is 0 Å². The fourth-order valence-corrected chi connectivity index (χ4v) is 4.99. The molecule has 8 nitrogen and oxygen atoms in total. The molecule has 0 spiro atoms. The van der Waals surface area contributed by atoms with Crippen molar-refractivity contribution in [1.82, 2.24) is 9.80 Å². The number of nitrogens with zero attached hydrogens (tertiary/aromatic N) is 2. The summed E-state index contributed by atoms with van der Waals surface area (Å²) in [7, 11) is -3.59. The van der Waals surface area contributed by atoms with Gasteiger partial charge >= 0.3 is 0 Å². The standard InChI is InChI=1S/C23H28N2O6S/c26-23(8-17-32(27,28)20-6-7-21-22(18-20)31-16-15-30-21)25-11-9-24(10-12-25)13-14-29-19-4-2-1-3-5-19/h1-7,18H,8-17H2. The zero-order valence-electron chi connectivity index (χ0n) is 17.9. The lowest BCUT2D eigenvalue weighted by Gasteiger charge is -2.34. The van der Waals surface area contributed by atoms with E-state index in [0.717, 1.165) is 25.4 Å². The number of carbonyl (C=O) groups excluding carboxylic acids is 1. The van der Waals surface area contributed by atoms with Gasteiger partial charge in [-0.05, 0) is 24.3 Å². The van der Waals surface area contributed by atoms with Crippen LogP contribution >= 0.6 is 0 Å². The van der Waals surface area contributed by atoms with Crippen molar-refractivity contribution in [2.24, 2.45) is 0 Å². The lowest BCUT2D eigenvalue weighted by molar-refractivity contribution is -0.132. The van der Waals surface area contributed by atoms with E-state index < -0.39 is 9.84 Å². The number of benzene rings is 2. The van der Waals surface area contributed by atoms with Gasteiger partial charge in [0, 0.05) is 45.2 Å². The number of fused-ring (bicyclic) bond motifs is 1. The molecule has 9 heteroatoms. The molecule has 0 radical (unpaired) electrons. The van der Waals surface area contributed by atoms with Gasteiger partial charge in [-0.25, -0.2) is 8.42 Å². The van der Waals surface area contributed by atoms with Crippen molar-refractivity contribution in [3.8, 4) is 17.2 Å². The summed E-state index contributed by atoms with van der Waals surface area (Å²) in [6.07, 6.45) is -0.0338. The van der Waals surface area contributed by atoms with Gasteiger partial charge in [-0.15, -0.1) is 0 Å². The molecular weight excluding hydrogens is 432 g/mol. The lowest BCUT2D eigenvalue weighted by atomic mass is 10.3. The minimum atomic E-state index is -3.59. The van der Waals surface area contributed by atoms with Crippen molar-refractivity contribution in [1.29, 1.82) is 0 Å². The van der Waals surface area contributed by atoms with Crippen molar-refractivity contribution >= 4 is 15.7 Å². The van der Waals surface area contributed by atoms with E-state index in [0.29, 0.717) is 44.4 Å². The molecule has 32 heavy (non-hydrogen) atoms. The highest BCUT2D eigenvalue weighted by molar-refractivity contribution is 7.91. The van der Waals surface area contributed by atoms with Crippen LogP contribution in [0.25, 0.3) is 0 Å². The molecule has 2 aliphatic rings. The van der Waals surface area contributed by atoms with Crippen LogP contribution in [-0.4, -0.2) is 82.4 Å². The number of hydrogen-bond donors (Lipinski definition) is 0. The Morgan fingerprint density at radius 1 is 0.938 bits per heavy atom. The van der Waals surface area contributed by atoms with Crippen molar-refractivity contribution < 1.29 is 27.4 Å². The van der Waals surface area contributed by atoms with E-state index in [1.54, 1.807) is 11.0 Å². The van der Waals surface area contributed by atoms with Crippen LogP contribution in [0.4, 0.5) is 0 Å². The number of amides is 1. The van der Waals surface area contributed by atoms with Crippen LogP contribution in [0.5, 0.6) is 17.2 Å². The molecule has 0 aromatic heterocycles. The molecule has 0 atom stereocenters. The van der Waals surface area contributed by atoms with Crippen molar-refractivity contribution in [3.05, 3.63) is 48.5 Å². The molecule has 0 N–H and O–H groups in total. The van der Waals surface area contributed by atoms with Crippen molar-refractivity contribution in [2.45, 2.75) is 11.3 Å². The molecule has 0 unspecified atom stereocenters. The zero-order valence-corrected chi connectivity index (χ0v) is 18.8. The molecule has 2 heterocycles. The highest BCUT2D eigenvalue weighted by atomic mass is 32.2. The maximum absolute atomic E-state index is 12.7. The van der Waals surface area contributed by atoms with Gasteiger partial charge in [0.1, 0.15) is 25.6 Å². The number of ether oxygens (including phenoxy) is 3. The SMILES string of the molecule is O=C(CCS(=O)(=O)c1ccc2c(c1)OCCO2)N1CCN(CCOc2ccccc2)CC1. The summed E-state index contributed by atoms with van der Waals surface area (Å²) in [4.78, 5) is 16.7. The second kappa shape index (κ2) is 10.2. The Morgan fingerprint density at radius 3 is 2.41 bits per heavy atom. The lowest BCUT2D eigenvalue weighted by Crippen LogP contribution is -2.49. The summed E-state index contributed by atoms with van der Waals surface area (Å²) in [5.41, 5.74) is 0. The minimum absolute atomic E-state index is 0.0338. The van der Waals surface area contributed by atoms with Gasteiger partial charge in [0.05, 0.1) is 10.6 Å². The number of piperazine rings is 1. The van der Waals surface area contributed by atoms with Crippen LogP contribution < -0.4 is 14.2 Å². The van der Waals surface area contributed by atoms with Gasteiger partial charge in [-0.3, -0.25) is 9.69 Å². The largest absolute Gasteiger partial charge is 0.492 e. The van der Waals surface area contributed by atoms with Gasteiger partial charge in [-0.2, -0.15) is 0 Å². The predicted molar refractivity (Wildman–Crippen MR) is 119 cm³/mol. The number of hydrogen-bond acceptors (Lipinski definition) is 7. The quantitative estimate of drug-likeness (QED) is 0.594. The van der Waals surface area contributed by atoms with E-state index in [1.807, 2.05) is 30.3 Å². The second-order valence-electron chi connectivity index (χ2n) is 7.76. The third-order valence-corrected chi connectivity index (χ3v) is 7.32.